The van der Waals surface area contributed by atoms with Gasteiger partial charge in [0.05, 0.1) is 6.10 Å². The summed E-state index contributed by atoms with van der Waals surface area (Å²) in [5.41, 5.74) is 0. The fourth-order valence-corrected chi connectivity index (χ4v) is 4.39. The molecule has 6 heteroatoms. The monoisotopic (exact) mass is 276 g/mol. The highest BCUT2D eigenvalue weighted by molar-refractivity contribution is 7.86. The van der Waals surface area contributed by atoms with Gasteiger partial charge in [-0.25, -0.2) is 0 Å². The van der Waals surface area contributed by atoms with E-state index >= 15 is 0 Å². The SMILES string of the molecule is CC1CCN(S(=O)(=O)N2CCCCCC2)CC1O. The van der Waals surface area contributed by atoms with E-state index in [9.17, 15) is 13.5 Å². The summed E-state index contributed by atoms with van der Waals surface area (Å²) in [5.74, 6) is 0.195. The molecule has 0 aromatic carbocycles. The van der Waals surface area contributed by atoms with Gasteiger partial charge in [-0.15, -0.1) is 0 Å². The molecule has 0 aromatic heterocycles. The highest BCUT2D eigenvalue weighted by atomic mass is 32.2. The Kier molecular flexibility index (Phi) is 4.64. The number of aliphatic hydroxyl groups is 1. The normalized spacial score (nSPS) is 33.2. The lowest BCUT2D eigenvalue weighted by Crippen LogP contribution is -2.51. The average molecular weight is 276 g/mol. The van der Waals surface area contributed by atoms with Crippen LogP contribution >= 0.6 is 0 Å². The number of piperidine rings is 1. The van der Waals surface area contributed by atoms with E-state index in [-0.39, 0.29) is 12.5 Å². The van der Waals surface area contributed by atoms with Gasteiger partial charge in [0.2, 0.25) is 0 Å². The lowest BCUT2D eigenvalue weighted by molar-refractivity contribution is 0.0581. The van der Waals surface area contributed by atoms with Gasteiger partial charge in [-0.05, 0) is 25.2 Å². The van der Waals surface area contributed by atoms with Crippen molar-refractivity contribution >= 4 is 10.2 Å². The predicted octanol–water partition coefficient (Wildman–Crippen LogP) is 0.810. The Morgan fingerprint density at radius 1 is 1.00 bits per heavy atom. The average Bonchev–Trinajstić information content (AvgIpc) is 2.61. The molecule has 2 aliphatic heterocycles. The molecular formula is C12H24N2O3S. The number of hydrogen-bond acceptors (Lipinski definition) is 3. The molecule has 0 amide bonds. The Balaban J connectivity index is 2.05. The minimum Gasteiger partial charge on any atom is -0.391 e. The Morgan fingerprint density at radius 2 is 1.61 bits per heavy atom. The molecule has 1 N–H and O–H groups in total. The van der Waals surface area contributed by atoms with Crippen molar-refractivity contribution in [2.24, 2.45) is 5.92 Å². The third-order valence-corrected chi connectivity index (χ3v) is 6.10. The van der Waals surface area contributed by atoms with E-state index in [0.29, 0.717) is 19.6 Å². The van der Waals surface area contributed by atoms with Gasteiger partial charge in [0, 0.05) is 26.2 Å². The zero-order valence-corrected chi connectivity index (χ0v) is 11.9. The van der Waals surface area contributed by atoms with Crippen molar-refractivity contribution in [1.29, 1.82) is 0 Å². The molecule has 2 heterocycles. The second-order valence-corrected chi connectivity index (χ2v) is 7.44. The summed E-state index contributed by atoms with van der Waals surface area (Å²) in [4.78, 5) is 0. The van der Waals surface area contributed by atoms with Crippen molar-refractivity contribution in [3.63, 3.8) is 0 Å². The predicted molar refractivity (Wildman–Crippen MR) is 70.3 cm³/mol. The molecule has 2 rings (SSSR count). The summed E-state index contributed by atoms with van der Waals surface area (Å²) < 4.78 is 28.0. The maximum Gasteiger partial charge on any atom is 0.282 e. The summed E-state index contributed by atoms with van der Waals surface area (Å²) in [6.45, 7) is 4.02. The first-order valence-corrected chi connectivity index (χ1v) is 8.35. The van der Waals surface area contributed by atoms with Gasteiger partial charge in [-0.2, -0.15) is 17.0 Å². The van der Waals surface area contributed by atoms with Crippen molar-refractivity contribution < 1.29 is 13.5 Å². The van der Waals surface area contributed by atoms with Gasteiger partial charge in [0.15, 0.2) is 0 Å². The molecule has 2 aliphatic rings. The molecule has 2 saturated heterocycles. The Morgan fingerprint density at radius 3 is 2.17 bits per heavy atom. The van der Waals surface area contributed by atoms with Crippen LogP contribution in [0, 0.1) is 5.92 Å². The van der Waals surface area contributed by atoms with E-state index in [1.54, 1.807) is 4.31 Å². The molecular weight excluding hydrogens is 252 g/mol. The number of β-amino-alcohol motifs (C(OH)–C–C–N with tert-alkyl or cyclic N) is 1. The molecule has 0 bridgehead atoms. The van der Waals surface area contributed by atoms with Gasteiger partial charge in [-0.3, -0.25) is 0 Å². The Bertz CT molecular complexity index is 364. The molecule has 5 nitrogen and oxygen atoms in total. The number of aliphatic hydroxyl groups excluding tert-OH is 1. The highest BCUT2D eigenvalue weighted by Gasteiger charge is 2.35. The molecule has 18 heavy (non-hydrogen) atoms. The largest absolute Gasteiger partial charge is 0.391 e. The lowest BCUT2D eigenvalue weighted by Gasteiger charge is -2.36. The zero-order valence-electron chi connectivity index (χ0n) is 11.1. The van der Waals surface area contributed by atoms with Gasteiger partial charge in [0.25, 0.3) is 10.2 Å². The minimum atomic E-state index is -3.36. The van der Waals surface area contributed by atoms with Crippen LogP contribution in [0.15, 0.2) is 0 Å². The van der Waals surface area contributed by atoms with Crippen molar-refractivity contribution in [3.05, 3.63) is 0 Å². The lowest BCUT2D eigenvalue weighted by atomic mass is 9.98. The van der Waals surface area contributed by atoms with Crippen LogP contribution in [-0.4, -0.2) is 54.4 Å². The quantitative estimate of drug-likeness (QED) is 0.812. The first-order valence-electron chi connectivity index (χ1n) is 6.95. The van der Waals surface area contributed by atoms with E-state index in [0.717, 1.165) is 32.1 Å². The summed E-state index contributed by atoms with van der Waals surface area (Å²) in [6, 6.07) is 0. The third-order valence-electron chi connectivity index (χ3n) is 4.10. The summed E-state index contributed by atoms with van der Waals surface area (Å²) in [7, 11) is -3.36. The second-order valence-electron chi connectivity index (χ2n) is 5.51. The van der Waals surface area contributed by atoms with Crippen molar-refractivity contribution in [1.82, 2.24) is 8.61 Å². The molecule has 0 aliphatic carbocycles. The van der Waals surface area contributed by atoms with Crippen molar-refractivity contribution in [2.45, 2.75) is 45.1 Å². The Labute approximate surface area is 110 Å². The molecule has 0 spiro atoms. The van der Waals surface area contributed by atoms with E-state index in [1.807, 2.05) is 6.92 Å². The van der Waals surface area contributed by atoms with Gasteiger partial charge < -0.3 is 5.11 Å². The van der Waals surface area contributed by atoms with Crippen LogP contribution in [0.5, 0.6) is 0 Å². The smallest absolute Gasteiger partial charge is 0.282 e. The fraction of sp³-hybridized carbons (Fsp3) is 1.00. The molecule has 0 radical (unpaired) electrons. The zero-order chi connectivity index (χ0) is 13.2. The van der Waals surface area contributed by atoms with Crippen LogP contribution in [0.3, 0.4) is 0 Å². The van der Waals surface area contributed by atoms with Crippen LogP contribution in [-0.2, 0) is 10.2 Å². The molecule has 2 atom stereocenters. The first kappa shape index (κ1) is 14.2. The molecule has 2 fully saturated rings. The minimum absolute atomic E-state index is 0.195. The number of nitrogens with zero attached hydrogens (tertiary/aromatic N) is 2. The van der Waals surface area contributed by atoms with E-state index in [1.165, 1.54) is 4.31 Å². The first-order chi connectivity index (χ1) is 8.51. The van der Waals surface area contributed by atoms with E-state index in [2.05, 4.69) is 0 Å². The van der Waals surface area contributed by atoms with Crippen LogP contribution in [0.4, 0.5) is 0 Å². The maximum atomic E-state index is 12.5. The van der Waals surface area contributed by atoms with Crippen LogP contribution in [0.25, 0.3) is 0 Å². The summed E-state index contributed by atoms with van der Waals surface area (Å²) in [6.07, 6.45) is 4.35. The van der Waals surface area contributed by atoms with E-state index < -0.39 is 16.3 Å². The maximum absolute atomic E-state index is 12.5. The fourth-order valence-electron chi connectivity index (χ4n) is 2.67. The number of hydrogen-bond donors (Lipinski definition) is 1. The molecule has 2 unspecified atom stereocenters. The van der Waals surface area contributed by atoms with Crippen molar-refractivity contribution in [2.75, 3.05) is 26.2 Å². The standard InChI is InChI=1S/C12H24N2O3S/c1-11-6-9-14(10-12(11)15)18(16,17)13-7-4-2-3-5-8-13/h11-12,15H,2-10H2,1H3. The molecule has 0 aromatic rings. The summed E-state index contributed by atoms with van der Waals surface area (Å²) in [5, 5.41) is 9.84. The highest BCUT2D eigenvalue weighted by Crippen LogP contribution is 2.23. The van der Waals surface area contributed by atoms with Gasteiger partial charge in [0.1, 0.15) is 0 Å². The molecule has 106 valence electrons. The van der Waals surface area contributed by atoms with Crippen LogP contribution in [0.2, 0.25) is 0 Å². The van der Waals surface area contributed by atoms with Crippen molar-refractivity contribution in [3.8, 4) is 0 Å². The van der Waals surface area contributed by atoms with Crippen LogP contribution in [0.1, 0.15) is 39.0 Å². The van der Waals surface area contributed by atoms with Crippen LogP contribution < -0.4 is 0 Å². The molecule has 0 saturated carbocycles. The third kappa shape index (κ3) is 3.04. The summed E-state index contributed by atoms with van der Waals surface area (Å²) >= 11 is 0. The van der Waals surface area contributed by atoms with Gasteiger partial charge in [-0.1, -0.05) is 19.8 Å². The topological polar surface area (TPSA) is 60.9 Å². The second kappa shape index (κ2) is 5.86. The number of rotatable bonds is 2. The Hall–Kier alpha value is -0.170. The van der Waals surface area contributed by atoms with Gasteiger partial charge >= 0.3 is 0 Å². The van der Waals surface area contributed by atoms with E-state index in [4.69, 9.17) is 0 Å².